The molecule has 632 valence electrons. The zero-order chi connectivity index (χ0) is 82.4. The summed E-state index contributed by atoms with van der Waals surface area (Å²) in [5, 5.41) is 23.4. The molecule has 2 atom stereocenters. The normalized spacial score (nSPS) is 16.9. The topological polar surface area (TPSA) is 319 Å². The summed E-state index contributed by atoms with van der Waals surface area (Å²) in [5.41, 5.74) is 16.4. The van der Waals surface area contributed by atoms with Gasteiger partial charge < -0.3 is 64.3 Å². The van der Waals surface area contributed by atoms with E-state index in [-0.39, 0.29) is 69.9 Å². The number of Topliss-reactive ketones (excluding diaryl/α,β-unsaturated/α-hetero) is 1. The maximum Gasteiger partial charge on any atom is 0.303 e. The number of hydrogen-bond acceptors (Lipinski definition) is 17. The highest BCUT2D eigenvalue weighted by Crippen LogP contribution is 2.38. The lowest BCUT2D eigenvalue weighted by molar-refractivity contribution is -0.137. The molecule has 0 spiro atoms. The quantitative estimate of drug-likeness (QED) is 0.0619. The number of benzene rings is 8. The van der Waals surface area contributed by atoms with Gasteiger partial charge >= 0.3 is 5.97 Å². The monoisotopic (exact) mass is 1740 g/mol. The van der Waals surface area contributed by atoms with Crippen molar-refractivity contribution in [2.75, 3.05) is 79.0 Å². The van der Waals surface area contributed by atoms with Crippen LogP contribution in [0.5, 0.6) is 0 Å². The van der Waals surface area contributed by atoms with E-state index in [4.69, 9.17) is 25.0 Å². The predicted octanol–water partition coefficient (Wildman–Crippen LogP) is 12.7. The van der Waals surface area contributed by atoms with Crippen molar-refractivity contribution >= 4 is 130 Å². The SMILES string of the molecule is C.C.C.CC(=O)c1cccc(-c2nc3cccc4c3n2CCNC4=O)c1.CN1CCN(C(=O)c2cccc(-c3nc4cccc5c4n3CCNC5=O)c2)CC1.O=C(O)CCc1nc2cccc3c2n1CCNC3=O.O=C1NCCn2c(-c3ccc(Br)s3)nc3cccc1c32.O=C1NCCn2c(CN3CC4CC3CN4Cc3ccccc3)nc3cccc1c32. The predicted molar refractivity (Wildman–Crippen MR) is 481 cm³/mol. The number of carboxylic acids is 1. The molecular formula is C93H98BrN19O9S. The number of aromatic nitrogens is 10. The Morgan fingerprint density at radius 1 is 0.431 bits per heavy atom. The highest BCUT2D eigenvalue weighted by Gasteiger charge is 2.44. The minimum absolute atomic E-state index is 0. The maximum absolute atomic E-state index is 13.0. The standard InChI is InChI=1S/C23H25N5O.C22H23N5O2.C18H15N3O2.C14H10BrN3OS.C13H13N3O3.3CH4/c29-23-19-7-4-8-20-22(19)28(10-9-24-23)21(25-20)15-27-14-17-11-18(27)13-26(17)12-16-5-2-1-3-6-16;1-25-10-12-26(13-11-25)22(29)16-5-2-4-15(14-16)20-24-18-7-3-6-17-19(18)27(20)9-8-23-21(17)28;1-11(22)12-4-2-5-13(10-12)17-20-15-7-3-6-14-16(15)21(17)9-8-19-18(14)23;15-11-5-4-10(20-11)13-17-9-3-1-2-8-12(9)18(13)7-6-16-14(8)19;17-11(18)5-4-10-15-9-3-1-2-8-12(9)16(10)7-6-14-13(8)19;;;/h1-8,17-18H,9-15H2,(H,24,29);2-7,14H,8-13H2,1H3,(H,23,28);2-7,10H,8-9H2,1H3,(H,19,23);1-5H,6-7H2,(H,16,19);1-3H,4-7H2,(H,14,19)(H,17,18);3*1H4. The summed E-state index contributed by atoms with van der Waals surface area (Å²) < 4.78 is 11.6. The van der Waals surface area contributed by atoms with Gasteiger partial charge in [-0.1, -0.05) is 113 Å². The average Bonchev–Trinajstić information content (AvgIpc) is 1.62. The summed E-state index contributed by atoms with van der Waals surface area (Å²) in [7, 11) is 2.08. The van der Waals surface area contributed by atoms with Crippen LogP contribution in [0.1, 0.15) is 132 Å². The van der Waals surface area contributed by atoms with E-state index in [0.717, 1.165) is 175 Å². The Morgan fingerprint density at radius 2 is 0.821 bits per heavy atom. The van der Waals surface area contributed by atoms with E-state index in [9.17, 15) is 38.4 Å². The van der Waals surface area contributed by atoms with Crippen molar-refractivity contribution in [2.45, 2.75) is 106 Å². The van der Waals surface area contributed by atoms with E-state index in [1.165, 1.54) is 12.0 Å². The second kappa shape index (κ2) is 36.4. The first-order valence-corrected chi connectivity index (χ1v) is 42.1. The Bertz CT molecular complexity index is 6430. The Hall–Kier alpha value is -12.9. The number of carbonyl (C=O) groups excluding carboxylic acids is 7. The van der Waals surface area contributed by atoms with Crippen LogP contribution < -0.4 is 26.6 Å². The molecular weight excluding hydrogens is 1640 g/mol. The molecule has 28 nitrogen and oxygen atoms in total. The fourth-order valence-electron chi connectivity index (χ4n) is 17.6. The summed E-state index contributed by atoms with van der Waals surface area (Å²) in [5.74, 6) is 3.30. The molecule has 123 heavy (non-hydrogen) atoms. The number of ketones is 1. The Kier molecular flexibility index (Phi) is 25.2. The van der Waals surface area contributed by atoms with Gasteiger partial charge in [-0.3, -0.25) is 48.2 Å². The van der Waals surface area contributed by atoms with Gasteiger partial charge in [0.25, 0.3) is 35.4 Å². The number of likely N-dealkylation sites (tertiary alicyclic amines) is 2. The van der Waals surface area contributed by atoms with Crippen LogP contribution in [0.4, 0.5) is 0 Å². The third kappa shape index (κ3) is 17.0. The molecule has 6 N–H and O–H groups in total. The van der Waals surface area contributed by atoms with Gasteiger partial charge in [-0.25, -0.2) is 24.9 Å². The lowest BCUT2D eigenvalue weighted by Gasteiger charge is -2.34. The maximum atomic E-state index is 13.0. The first kappa shape index (κ1) is 85.1. The van der Waals surface area contributed by atoms with Crippen LogP contribution >= 0.6 is 27.3 Å². The highest BCUT2D eigenvalue weighted by atomic mass is 79.9. The minimum atomic E-state index is -0.845. The number of nitrogens with zero attached hydrogens (tertiary/aromatic N) is 14. The number of fused-ring (bicyclic) bond motifs is 2. The molecule has 8 aromatic carbocycles. The Morgan fingerprint density at radius 3 is 1.26 bits per heavy atom. The van der Waals surface area contributed by atoms with Gasteiger partial charge in [-0.05, 0) is 133 Å². The molecule has 2 unspecified atom stereocenters. The van der Waals surface area contributed by atoms with Crippen LogP contribution in [0.2, 0.25) is 0 Å². The molecule has 3 saturated heterocycles. The van der Waals surface area contributed by atoms with Crippen molar-refractivity contribution in [3.8, 4) is 33.5 Å². The lowest BCUT2D eigenvalue weighted by Crippen LogP contribution is -2.47. The number of nitrogens with one attached hydrogen (secondary N) is 5. The third-order valence-corrected chi connectivity index (χ3v) is 25.0. The first-order valence-electron chi connectivity index (χ1n) is 40.5. The lowest BCUT2D eigenvalue weighted by atomic mass is 10.1. The van der Waals surface area contributed by atoms with E-state index in [2.05, 4.69) is 124 Å². The Labute approximate surface area is 723 Å². The average molecular weight is 1740 g/mol. The number of piperazine rings is 2. The van der Waals surface area contributed by atoms with Crippen molar-refractivity contribution in [3.63, 3.8) is 0 Å². The molecule has 30 heteroatoms. The van der Waals surface area contributed by atoms with E-state index in [0.29, 0.717) is 104 Å². The van der Waals surface area contributed by atoms with E-state index in [1.807, 2.05) is 137 Å². The van der Waals surface area contributed by atoms with Crippen LogP contribution in [-0.2, 0) is 57.0 Å². The molecule has 8 aliphatic rings. The van der Waals surface area contributed by atoms with Crippen LogP contribution in [-0.4, -0.2) is 211 Å². The number of carbonyl (C=O) groups is 8. The zero-order valence-corrected chi connectivity index (χ0v) is 68.5. The number of para-hydroxylation sites is 5. The van der Waals surface area contributed by atoms with Gasteiger partial charge in [0.15, 0.2) is 11.6 Å². The molecule has 6 amide bonds. The number of aliphatic carboxylic acids is 1. The summed E-state index contributed by atoms with van der Waals surface area (Å²) in [6.07, 6.45) is 1.66. The summed E-state index contributed by atoms with van der Waals surface area (Å²) >= 11 is 5.14. The fraction of sp³-hybridized carbons (Fsp3) is 0.301. The number of aryl methyl sites for hydroxylation is 1. The smallest absolute Gasteiger partial charge is 0.303 e. The minimum Gasteiger partial charge on any atom is -0.481 e. The van der Waals surface area contributed by atoms with Gasteiger partial charge in [0.05, 0.1) is 105 Å². The molecule has 14 aromatic rings. The molecule has 0 saturated carbocycles. The van der Waals surface area contributed by atoms with Crippen molar-refractivity contribution in [2.24, 2.45) is 0 Å². The number of imidazole rings is 5. The highest BCUT2D eigenvalue weighted by molar-refractivity contribution is 9.11. The number of amides is 6. The van der Waals surface area contributed by atoms with Crippen LogP contribution in [0.25, 0.3) is 88.6 Å². The Balaban J connectivity index is 0.000000120. The van der Waals surface area contributed by atoms with Crippen LogP contribution in [0.3, 0.4) is 0 Å². The van der Waals surface area contributed by atoms with E-state index >= 15 is 0 Å². The van der Waals surface area contributed by atoms with Gasteiger partial charge in [0.1, 0.15) is 23.3 Å². The number of likely N-dealkylation sites (N-methyl/N-ethyl adjacent to an activating group) is 1. The number of rotatable bonds is 12. The van der Waals surface area contributed by atoms with Gasteiger partial charge in [-0.15, -0.1) is 11.3 Å². The van der Waals surface area contributed by atoms with Crippen LogP contribution in [0.15, 0.2) is 186 Å². The van der Waals surface area contributed by atoms with Crippen molar-refractivity contribution < 1.29 is 43.5 Å². The molecule has 22 rings (SSSR count). The number of hydrogen-bond donors (Lipinski definition) is 6. The molecule has 6 aromatic heterocycles. The molecule has 14 heterocycles. The number of carboxylic acid groups (broad SMARTS) is 1. The van der Waals surface area contributed by atoms with Gasteiger partial charge in [-0.2, -0.15) is 0 Å². The first-order chi connectivity index (χ1) is 58.4. The summed E-state index contributed by atoms with van der Waals surface area (Å²) in [4.78, 5) is 130. The molecule has 3 fully saturated rings. The molecule has 8 aliphatic heterocycles. The second-order valence-corrected chi connectivity index (χ2v) is 33.4. The fourth-order valence-corrected chi connectivity index (χ4v) is 19.0. The van der Waals surface area contributed by atoms with Crippen LogP contribution in [0, 0.1) is 0 Å². The number of thiophene rings is 1. The van der Waals surface area contributed by atoms with Crippen molar-refractivity contribution in [3.05, 3.63) is 242 Å². The molecule has 0 radical (unpaired) electrons. The zero-order valence-electron chi connectivity index (χ0n) is 66.1. The summed E-state index contributed by atoms with van der Waals surface area (Å²) in [6.45, 7) is 15.3. The van der Waals surface area contributed by atoms with Crippen molar-refractivity contribution in [1.29, 1.82) is 0 Å². The summed E-state index contributed by atoms with van der Waals surface area (Å²) in [6, 6.07) is 59.4. The van der Waals surface area contributed by atoms with Gasteiger partial charge in [0.2, 0.25) is 0 Å². The third-order valence-electron chi connectivity index (χ3n) is 23.4. The van der Waals surface area contributed by atoms with E-state index < -0.39 is 5.97 Å². The molecule has 2 bridgehead atoms. The number of halogens is 1. The van der Waals surface area contributed by atoms with Crippen molar-refractivity contribution in [1.82, 2.24) is 93.9 Å². The molecule has 0 aliphatic carbocycles. The van der Waals surface area contributed by atoms with Gasteiger partial charge in [0, 0.05) is 152 Å². The van der Waals surface area contributed by atoms with E-state index in [1.54, 1.807) is 36.5 Å². The largest absolute Gasteiger partial charge is 0.481 e. The second-order valence-electron chi connectivity index (χ2n) is 31.0.